The van der Waals surface area contributed by atoms with Crippen LogP contribution in [-0.4, -0.2) is 10.9 Å². The lowest BCUT2D eigenvalue weighted by atomic mass is 10.1. The largest absolute Gasteiger partial charge is 0.457 e. The molecule has 0 heterocycles. The molecule has 98 valence electrons. The molecule has 3 nitrogen and oxygen atoms in total. The number of Topliss-reactive ketones (excluding diaryl/α,β-unsaturated/α-hetero) is 1. The molecule has 0 aliphatic carbocycles. The quantitative estimate of drug-likeness (QED) is 0.864. The van der Waals surface area contributed by atoms with Crippen molar-refractivity contribution >= 4 is 17.4 Å². The molecule has 0 saturated heterocycles. The molecule has 0 aliphatic heterocycles. The third-order valence-electron chi connectivity index (χ3n) is 2.69. The van der Waals surface area contributed by atoms with Crippen LogP contribution in [0.15, 0.2) is 42.5 Å². The molecule has 0 radical (unpaired) electrons. The van der Waals surface area contributed by atoms with Gasteiger partial charge in [-0.15, -0.1) is 0 Å². The van der Waals surface area contributed by atoms with Gasteiger partial charge in [-0.2, -0.15) is 0 Å². The van der Waals surface area contributed by atoms with E-state index in [4.69, 9.17) is 16.3 Å². The van der Waals surface area contributed by atoms with E-state index < -0.39 is 0 Å². The lowest BCUT2D eigenvalue weighted by Crippen LogP contribution is -1.95. The zero-order valence-corrected chi connectivity index (χ0v) is 11.1. The molecule has 1 N–H and O–H groups in total. The summed E-state index contributed by atoms with van der Waals surface area (Å²) in [6.45, 7) is 1.36. The Morgan fingerprint density at radius 3 is 2.63 bits per heavy atom. The Bertz CT molecular complexity index is 608. The number of para-hydroxylation sites is 1. The van der Waals surface area contributed by atoms with Gasteiger partial charge >= 0.3 is 0 Å². The van der Waals surface area contributed by atoms with E-state index >= 15 is 0 Å². The SMILES string of the molecule is CC(=O)c1ccc(Oc2ccccc2CO)cc1Cl. The van der Waals surface area contributed by atoms with Crippen LogP contribution in [0.3, 0.4) is 0 Å². The van der Waals surface area contributed by atoms with Crippen LogP contribution in [0.5, 0.6) is 11.5 Å². The molecule has 0 saturated carbocycles. The second-order valence-electron chi connectivity index (χ2n) is 4.07. The van der Waals surface area contributed by atoms with E-state index in [0.717, 1.165) is 0 Å². The van der Waals surface area contributed by atoms with Crippen molar-refractivity contribution in [2.24, 2.45) is 0 Å². The fourth-order valence-electron chi connectivity index (χ4n) is 1.71. The summed E-state index contributed by atoms with van der Waals surface area (Å²) < 4.78 is 5.66. The van der Waals surface area contributed by atoms with Crippen molar-refractivity contribution in [3.05, 3.63) is 58.6 Å². The minimum absolute atomic E-state index is 0.0905. The number of ketones is 1. The molecule has 0 aromatic heterocycles. The van der Waals surface area contributed by atoms with Gasteiger partial charge in [0, 0.05) is 17.2 Å². The summed E-state index contributed by atoms with van der Waals surface area (Å²) in [5.41, 5.74) is 1.15. The maximum atomic E-state index is 11.3. The number of aliphatic hydroxyl groups excluding tert-OH is 1. The highest BCUT2D eigenvalue weighted by Crippen LogP contribution is 2.29. The maximum absolute atomic E-state index is 11.3. The minimum atomic E-state index is -0.102. The summed E-state index contributed by atoms with van der Waals surface area (Å²) in [5.74, 6) is 1.000. The molecule has 2 aromatic rings. The number of hydrogen-bond donors (Lipinski definition) is 1. The minimum Gasteiger partial charge on any atom is -0.457 e. The third-order valence-corrected chi connectivity index (χ3v) is 3.00. The number of rotatable bonds is 4. The monoisotopic (exact) mass is 276 g/mol. The zero-order valence-electron chi connectivity index (χ0n) is 10.4. The van der Waals surface area contributed by atoms with Crippen LogP contribution in [0.2, 0.25) is 5.02 Å². The van der Waals surface area contributed by atoms with Gasteiger partial charge in [-0.1, -0.05) is 29.8 Å². The summed E-state index contributed by atoms with van der Waals surface area (Å²) in [7, 11) is 0. The van der Waals surface area contributed by atoms with Gasteiger partial charge in [0.25, 0.3) is 0 Å². The highest BCUT2D eigenvalue weighted by molar-refractivity contribution is 6.34. The predicted molar refractivity (Wildman–Crippen MR) is 73.9 cm³/mol. The van der Waals surface area contributed by atoms with Crippen LogP contribution < -0.4 is 4.74 Å². The molecule has 0 unspecified atom stereocenters. The molecular formula is C15H13ClO3. The molecule has 2 rings (SSSR count). The normalized spacial score (nSPS) is 10.3. The first-order valence-electron chi connectivity index (χ1n) is 5.79. The molecule has 0 fully saturated rings. The predicted octanol–water partition coefficient (Wildman–Crippen LogP) is 3.83. The van der Waals surface area contributed by atoms with Gasteiger partial charge in [-0.05, 0) is 25.1 Å². The molecule has 2 aromatic carbocycles. The Labute approximate surface area is 116 Å². The maximum Gasteiger partial charge on any atom is 0.161 e. The van der Waals surface area contributed by atoms with Crippen LogP contribution in [0.4, 0.5) is 0 Å². The van der Waals surface area contributed by atoms with Crippen molar-refractivity contribution < 1.29 is 14.6 Å². The number of carbonyl (C=O) groups is 1. The molecule has 0 spiro atoms. The van der Waals surface area contributed by atoms with E-state index in [0.29, 0.717) is 27.6 Å². The number of halogens is 1. The lowest BCUT2D eigenvalue weighted by Gasteiger charge is -2.10. The van der Waals surface area contributed by atoms with Gasteiger partial charge in [0.05, 0.1) is 11.6 Å². The molecule has 19 heavy (non-hydrogen) atoms. The summed E-state index contributed by atoms with van der Waals surface area (Å²) in [5, 5.41) is 9.57. The Morgan fingerprint density at radius 1 is 1.26 bits per heavy atom. The van der Waals surface area contributed by atoms with E-state index in [1.807, 2.05) is 12.1 Å². The summed E-state index contributed by atoms with van der Waals surface area (Å²) in [4.78, 5) is 11.3. The molecule has 0 atom stereocenters. The summed E-state index contributed by atoms with van der Waals surface area (Å²) in [6, 6.07) is 12.1. The van der Waals surface area contributed by atoms with Crippen molar-refractivity contribution in [1.82, 2.24) is 0 Å². The zero-order chi connectivity index (χ0) is 13.8. The van der Waals surface area contributed by atoms with Crippen LogP contribution in [0.1, 0.15) is 22.8 Å². The van der Waals surface area contributed by atoms with Crippen molar-refractivity contribution in [1.29, 1.82) is 0 Å². The van der Waals surface area contributed by atoms with Crippen molar-refractivity contribution in [2.45, 2.75) is 13.5 Å². The Hall–Kier alpha value is -1.84. The topological polar surface area (TPSA) is 46.5 Å². The first kappa shape index (κ1) is 13.6. The smallest absolute Gasteiger partial charge is 0.161 e. The van der Waals surface area contributed by atoms with Gasteiger partial charge in [-0.25, -0.2) is 0 Å². The first-order valence-corrected chi connectivity index (χ1v) is 6.16. The molecular weight excluding hydrogens is 264 g/mol. The lowest BCUT2D eigenvalue weighted by molar-refractivity contribution is 0.101. The van der Waals surface area contributed by atoms with Crippen molar-refractivity contribution in [3.63, 3.8) is 0 Å². The van der Waals surface area contributed by atoms with Crippen LogP contribution in [-0.2, 0) is 6.61 Å². The number of benzene rings is 2. The van der Waals surface area contributed by atoms with E-state index in [-0.39, 0.29) is 12.4 Å². The average molecular weight is 277 g/mol. The average Bonchev–Trinajstić information content (AvgIpc) is 2.39. The molecule has 0 aliphatic rings. The number of ether oxygens (including phenoxy) is 1. The van der Waals surface area contributed by atoms with Gasteiger partial charge in [-0.3, -0.25) is 4.79 Å². The van der Waals surface area contributed by atoms with Crippen molar-refractivity contribution in [2.75, 3.05) is 0 Å². The number of carbonyl (C=O) groups excluding carboxylic acids is 1. The fraction of sp³-hybridized carbons (Fsp3) is 0.133. The van der Waals surface area contributed by atoms with Crippen LogP contribution >= 0.6 is 11.6 Å². The van der Waals surface area contributed by atoms with Gasteiger partial charge in [0.15, 0.2) is 5.78 Å². The Morgan fingerprint density at radius 2 is 2.00 bits per heavy atom. The summed E-state index contributed by atoms with van der Waals surface area (Å²) >= 11 is 6.01. The van der Waals surface area contributed by atoms with E-state index in [2.05, 4.69) is 0 Å². The highest BCUT2D eigenvalue weighted by atomic mass is 35.5. The van der Waals surface area contributed by atoms with Gasteiger partial charge < -0.3 is 9.84 Å². The van der Waals surface area contributed by atoms with Crippen LogP contribution in [0, 0.1) is 0 Å². The van der Waals surface area contributed by atoms with Gasteiger partial charge in [0.2, 0.25) is 0 Å². The standard InChI is InChI=1S/C15H13ClO3/c1-10(18)13-7-6-12(8-14(13)16)19-15-5-3-2-4-11(15)9-17/h2-8,17H,9H2,1H3. The molecule has 4 heteroatoms. The number of hydrogen-bond acceptors (Lipinski definition) is 3. The van der Waals surface area contributed by atoms with E-state index in [9.17, 15) is 9.90 Å². The third kappa shape index (κ3) is 3.13. The van der Waals surface area contributed by atoms with E-state index in [1.165, 1.54) is 6.92 Å². The first-order chi connectivity index (χ1) is 9.11. The number of aliphatic hydroxyl groups is 1. The molecule has 0 bridgehead atoms. The second-order valence-corrected chi connectivity index (χ2v) is 4.47. The molecule has 0 amide bonds. The Balaban J connectivity index is 2.29. The second kappa shape index (κ2) is 5.87. The summed E-state index contributed by atoms with van der Waals surface area (Å²) in [6.07, 6.45) is 0. The van der Waals surface area contributed by atoms with Gasteiger partial charge in [0.1, 0.15) is 11.5 Å². The highest BCUT2D eigenvalue weighted by Gasteiger charge is 2.08. The van der Waals surface area contributed by atoms with E-state index in [1.54, 1.807) is 30.3 Å². The van der Waals surface area contributed by atoms with Crippen LogP contribution in [0.25, 0.3) is 0 Å². The van der Waals surface area contributed by atoms with Crippen molar-refractivity contribution in [3.8, 4) is 11.5 Å². The fourth-order valence-corrected chi connectivity index (χ4v) is 2.01. The Kier molecular flexibility index (Phi) is 4.20.